The van der Waals surface area contributed by atoms with Gasteiger partial charge in [0.15, 0.2) is 5.82 Å². The van der Waals surface area contributed by atoms with Crippen LogP contribution in [0.2, 0.25) is 0 Å². The Labute approximate surface area is 140 Å². The lowest BCUT2D eigenvalue weighted by atomic mass is 9.88. The third-order valence-electron chi connectivity index (χ3n) is 5.11. The van der Waals surface area contributed by atoms with Crippen LogP contribution in [0.3, 0.4) is 0 Å². The van der Waals surface area contributed by atoms with Crippen LogP contribution in [0.15, 0.2) is 0 Å². The van der Waals surface area contributed by atoms with Gasteiger partial charge in [-0.15, -0.1) is 10.2 Å². The molecule has 1 aromatic heterocycles. The van der Waals surface area contributed by atoms with Crippen molar-refractivity contribution in [1.29, 1.82) is 0 Å². The van der Waals surface area contributed by atoms with Gasteiger partial charge in [-0.1, -0.05) is 19.8 Å². The quantitative estimate of drug-likeness (QED) is 0.880. The average Bonchev–Trinajstić information content (AvgIpc) is 2.93. The monoisotopic (exact) mass is 336 g/mol. The third-order valence-corrected chi connectivity index (χ3v) is 5.11. The van der Waals surface area contributed by atoms with Crippen LogP contribution in [-0.4, -0.2) is 55.4 Å². The van der Waals surface area contributed by atoms with Crippen LogP contribution in [0.4, 0.5) is 0 Å². The van der Waals surface area contributed by atoms with Gasteiger partial charge in [0.05, 0.1) is 19.2 Å². The maximum Gasteiger partial charge on any atom is 0.328 e. The number of nitrogens with zero attached hydrogens (tertiary/aromatic N) is 4. The molecular formula is C16H24N4O4. The van der Waals surface area contributed by atoms with E-state index in [1.165, 1.54) is 11.3 Å². The number of carboxylic acid groups (broad SMARTS) is 1. The zero-order valence-corrected chi connectivity index (χ0v) is 14.1. The Morgan fingerprint density at radius 1 is 1.29 bits per heavy atom. The molecule has 8 nitrogen and oxygen atoms in total. The maximum atomic E-state index is 12.6. The SMILES string of the molecule is Cc1nnc2n1C[C@H](C(=O)O)N(C(=O)CO[C@@H]1CCCC[C@H]1C)C2. The summed E-state index contributed by atoms with van der Waals surface area (Å²) in [5.74, 6) is 0.397. The molecule has 1 aromatic rings. The van der Waals surface area contributed by atoms with Gasteiger partial charge in [0, 0.05) is 0 Å². The van der Waals surface area contributed by atoms with Crippen molar-refractivity contribution in [3.8, 4) is 0 Å². The van der Waals surface area contributed by atoms with Gasteiger partial charge in [0.1, 0.15) is 18.5 Å². The first-order valence-corrected chi connectivity index (χ1v) is 8.50. The largest absolute Gasteiger partial charge is 0.480 e. The standard InChI is InChI=1S/C16H24N4O4/c1-10-5-3-4-6-13(10)24-9-15(21)20-8-14-18-17-11(2)19(14)7-12(20)16(22)23/h10,12-13H,3-9H2,1-2H3,(H,22,23)/t10-,12-,13-/m1/s1. The Morgan fingerprint density at radius 2 is 2.04 bits per heavy atom. The van der Waals surface area contributed by atoms with Crippen LogP contribution >= 0.6 is 0 Å². The molecule has 1 aliphatic heterocycles. The lowest BCUT2D eigenvalue weighted by Gasteiger charge is -2.34. The molecule has 1 fully saturated rings. The van der Waals surface area contributed by atoms with Crippen molar-refractivity contribution in [3.05, 3.63) is 11.6 Å². The number of aryl methyl sites for hydroxylation is 1. The predicted octanol–water partition coefficient (Wildman–Crippen LogP) is 0.977. The fourth-order valence-electron chi connectivity index (χ4n) is 3.58. The second kappa shape index (κ2) is 6.88. The highest BCUT2D eigenvalue weighted by atomic mass is 16.5. The lowest BCUT2D eigenvalue weighted by Crippen LogP contribution is -2.52. The Morgan fingerprint density at radius 3 is 2.75 bits per heavy atom. The Kier molecular flexibility index (Phi) is 4.84. The number of carbonyl (C=O) groups excluding carboxylic acids is 1. The summed E-state index contributed by atoms with van der Waals surface area (Å²) >= 11 is 0. The number of carbonyl (C=O) groups is 2. The first kappa shape index (κ1) is 16.9. The van der Waals surface area contributed by atoms with Crippen LogP contribution in [0.25, 0.3) is 0 Å². The molecule has 1 saturated carbocycles. The predicted molar refractivity (Wildman–Crippen MR) is 84.1 cm³/mol. The topological polar surface area (TPSA) is 97.5 Å². The summed E-state index contributed by atoms with van der Waals surface area (Å²) in [5, 5.41) is 17.5. The Balaban J connectivity index is 1.67. The number of aromatic nitrogens is 3. The van der Waals surface area contributed by atoms with Crippen LogP contribution in [-0.2, 0) is 27.4 Å². The van der Waals surface area contributed by atoms with Gasteiger partial charge >= 0.3 is 5.97 Å². The van der Waals surface area contributed by atoms with Crippen molar-refractivity contribution in [2.45, 2.75) is 64.8 Å². The average molecular weight is 336 g/mol. The first-order chi connectivity index (χ1) is 11.5. The van der Waals surface area contributed by atoms with E-state index in [1.54, 1.807) is 11.5 Å². The number of carboxylic acids is 1. The van der Waals surface area contributed by atoms with Crippen LogP contribution in [0.5, 0.6) is 0 Å². The molecule has 0 bridgehead atoms. The van der Waals surface area contributed by atoms with Crippen molar-refractivity contribution in [2.24, 2.45) is 5.92 Å². The van der Waals surface area contributed by atoms with E-state index < -0.39 is 12.0 Å². The summed E-state index contributed by atoms with van der Waals surface area (Å²) in [6.45, 7) is 4.17. The zero-order valence-electron chi connectivity index (χ0n) is 14.1. The zero-order chi connectivity index (χ0) is 17.3. The molecule has 1 amide bonds. The van der Waals surface area contributed by atoms with E-state index in [2.05, 4.69) is 17.1 Å². The molecule has 1 aliphatic carbocycles. The molecule has 2 heterocycles. The molecule has 0 unspecified atom stereocenters. The molecule has 0 radical (unpaired) electrons. The highest BCUT2D eigenvalue weighted by Crippen LogP contribution is 2.26. The van der Waals surface area contributed by atoms with E-state index in [0.29, 0.717) is 17.6 Å². The minimum atomic E-state index is -1.02. The van der Waals surface area contributed by atoms with Crippen LogP contribution in [0, 0.1) is 12.8 Å². The number of aliphatic carboxylic acids is 1. The fourth-order valence-corrected chi connectivity index (χ4v) is 3.58. The normalized spacial score (nSPS) is 26.9. The minimum Gasteiger partial charge on any atom is -0.480 e. The van der Waals surface area contributed by atoms with Gasteiger partial charge < -0.3 is 19.3 Å². The molecule has 0 saturated heterocycles. The van der Waals surface area contributed by atoms with Crippen LogP contribution in [0.1, 0.15) is 44.3 Å². The van der Waals surface area contributed by atoms with E-state index in [-0.39, 0.29) is 31.7 Å². The number of ether oxygens (including phenoxy) is 1. The number of amides is 1. The smallest absolute Gasteiger partial charge is 0.328 e. The lowest BCUT2D eigenvalue weighted by molar-refractivity contribution is -0.156. The van der Waals surface area contributed by atoms with Crippen molar-refractivity contribution in [2.75, 3.05) is 6.61 Å². The summed E-state index contributed by atoms with van der Waals surface area (Å²) in [7, 11) is 0. The summed E-state index contributed by atoms with van der Waals surface area (Å²) in [4.78, 5) is 25.5. The van der Waals surface area contributed by atoms with E-state index in [4.69, 9.17) is 4.74 Å². The van der Waals surface area contributed by atoms with Gasteiger partial charge in [0.25, 0.3) is 0 Å². The van der Waals surface area contributed by atoms with E-state index >= 15 is 0 Å². The van der Waals surface area contributed by atoms with Crippen molar-refractivity contribution in [3.63, 3.8) is 0 Å². The second-order valence-electron chi connectivity index (χ2n) is 6.76. The maximum absolute atomic E-state index is 12.6. The van der Waals surface area contributed by atoms with E-state index in [1.807, 2.05) is 0 Å². The highest BCUT2D eigenvalue weighted by Gasteiger charge is 2.36. The van der Waals surface area contributed by atoms with Crippen LogP contribution < -0.4 is 0 Å². The highest BCUT2D eigenvalue weighted by molar-refractivity contribution is 5.84. The summed E-state index contributed by atoms with van der Waals surface area (Å²) in [6, 6.07) is -0.910. The van der Waals surface area contributed by atoms with Gasteiger partial charge in [-0.25, -0.2) is 4.79 Å². The Hall–Kier alpha value is -1.96. The molecule has 8 heteroatoms. The van der Waals surface area contributed by atoms with Gasteiger partial charge in [0.2, 0.25) is 5.91 Å². The molecule has 3 atom stereocenters. The number of hydrogen-bond donors (Lipinski definition) is 1. The first-order valence-electron chi connectivity index (χ1n) is 8.50. The summed E-state index contributed by atoms with van der Waals surface area (Å²) in [6.07, 6.45) is 4.48. The number of hydrogen-bond acceptors (Lipinski definition) is 5. The summed E-state index contributed by atoms with van der Waals surface area (Å²) in [5.41, 5.74) is 0. The molecule has 132 valence electrons. The molecule has 1 N–H and O–H groups in total. The number of rotatable bonds is 4. The molecule has 0 spiro atoms. The molecule has 0 aromatic carbocycles. The van der Waals surface area contributed by atoms with Gasteiger partial charge in [-0.05, 0) is 25.7 Å². The van der Waals surface area contributed by atoms with Crippen molar-refractivity contribution < 1.29 is 19.4 Å². The van der Waals surface area contributed by atoms with Crippen molar-refractivity contribution >= 4 is 11.9 Å². The number of fused-ring (bicyclic) bond motifs is 1. The molecular weight excluding hydrogens is 312 g/mol. The van der Waals surface area contributed by atoms with Gasteiger partial charge in [-0.3, -0.25) is 4.79 Å². The minimum absolute atomic E-state index is 0.0775. The molecule has 3 rings (SSSR count). The van der Waals surface area contributed by atoms with Crippen molar-refractivity contribution in [1.82, 2.24) is 19.7 Å². The van der Waals surface area contributed by atoms with Gasteiger partial charge in [-0.2, -0.15) is 0 Å². The summed E-state index contributed by atoms with van der Waals surface area (Å²) < 4.78 is 7.56. The molecule has 2 aliphatic rings. The Bertz CT molecular complexity index is 630. The fraction of sp³-hybridized carbons (Fsp3) is 0.750. The second-order valence-corrected chi connectivity index (χ2v) is 6.76. The molecule has 24 heavy (non-hydrogen) atoms. The van der Waals surface area contributed by atoms with E-state index in [9.17, 15) is 14.7 Å². The van der Waals surface area contributed by atoms with E-state index in [0.717, 1.165) is 19.3 Å². The third kappa shape index (κ3) is 3.28.